The summed E-state index contributed by atoms with van der Waals surface area (Å²) in [6.07, 6.45) is -0.187. The van der Waals surface area contributed by atoms with Crippen LogP contribution in [0.15, 0.2) is 0 Å². The van der Waals surface area contributed by atoms with Gasteiger partial charge in [-0.25, -0.2) is 0 Å². The molecule has 0 unspecified atom stereocenters. The third kappa shape index (κ3) is 4.12. The van der Waals surface area contributed by atoms with E-state index in [4.69, 9.17) is 5.26 Å². The van der Waals surface area contributed by atoms with Crippen LogP contribution in [0.1, 0.15) is 0 Å². The molecule has 0 spiro atoms. The molecule has 11 heavy (non-hydrogen) atoms. The molecule has 6 heteroatoms. The number of ether oxygens (including phenoxy) is 1. The van der Waals surface area contributed by atoms with Crippen LogP contribution in [0.3, 0.4) is 0 Å². The summed E-state index contributed by atoms with van der Waals surface area (Å²) in [6.45, 7) is -0.114. The Labute approximate surface area is 65.4 Å². The highest BCUT2D eigenvalue weighted by atomic mass is 31.2. The van der Waals surface area contributed by atoms with E-state index in [1.54, 1.807) is 6.07 Å². The molecule has 0 aromatic carbocycles. The number of hydrogen-bond donors (Lipinski definition) is 0. The highest BCUT2D eigenvalue weighted by Gasteiger charge is 2.20. The Morgan fingerprint density at radius 1 is 1.45 bits per heavy atom. The molecule has 0 aliphatic heterocycles. The Kier molecular flexibility index (Phi) is 5.08. The van der Waals surface area contributed by atoms with Crippen molar-refractivity contribution in [3.8, 4) is 6.07 Å². The Balaban J connectivity index is 3.72. The van der Waals surface area contributed by atoms with Crippen LogP contribution in [-0.4, -0.2) is 27.2 Å². The van der Waals surface area contributed by atoms with Gasteiger partial charge in [0.15, 0.2) is 0 Å². The molecule has 0 radical (unpaired) electrons. The molecule has 0 rings (SSSR count). The van der Waals surface area contributed by atoms with Gasteiger partial charge in [-0.2, -0.15) is 5.26 Å². The maximum absolute atomic E-state index is 11.1. The fraction of sp³-hybridized carbons (Fsp3) is 0.800. The first kappa shape index (κ1) is 10.6. The molecule has 5 nitrogen and oxygen atoms in total. The highest BCUT2D eigenvalue weighted by Crippen LogP contribution is 2.45. The number of nitriles is 1. The normalized spacial score (nSPS) is 11.0. The first-order chi connectivity index (χ1) is 5.18. The van der Waals surface area contributed by atoms with Crippen LogP contribution in [-0.2, 0) is 18.3 Å². The van der Waals surface area contributed by atoms with Gasteiger partial charge in [-0.1, -0.05) is 0 Å². The molecule has 0 amide bonds. The third-order valence-corrected chi connectivity index (χ3v) is 2.58. The van der Waals surface area contributed by atoms with Gasteiger partial charge in [-0.3, -0.25) is 4.57 Å². The molecular weight excluding hydrogens is 169 g/mol. The van der Waals surface area contributed by atoms with Crippen molar-refractivity contribution < 1.29 is 18.3 Å². The molecular formula is C5H10NO4P. The van der Waals surface area contributed by atoms with Gasteiger partial charge in [0, 0.05) is 14.2 Å². The van der Waals surface area contributed by atoms with Gasteiger partial charge in [0.05, 0.1) is 6.07 Å². The number of nitrogens with zero attached hydrogens (tertiary/aromatic N) is 1. The molecule has 0 aliphatic rings. The second-order valence-electron chi connectivity index (χ2n) is 1.61. The smallest absolute Gasteiger partial charge is 0.354 e. The van der Waals surface area contributed by atoms with Crippen LogP contribution < -0.4 is 0 Å². The summed E-state index contributed by atoms with van der Waals surface area (Å²) in [5, 5.41) is 8.06. The van der Waals surface area contributed by atoms with E-state index in [1.807, 2.05) is 0 Å². The average molecular weight is 179 g/mol. The lowest BCUT2D eigenvalue weighted by Gasteiger charge is -2.11. The van der Waals surface area contributed by atoms with Crippen LogP contribution in [0.4, 0.5) is 0 Å². The molecule has 0 heterocycles. The van der Waals surface area contributed by atoms with Crippen molar-refractivity contribution in [2.24, 2.45) is 0 Å². The van der Waals surface area contributed by atoms with Crippen molar-refractivity contribution in [3.63, 3.8) is 0 Å². The van der Waals surface area contributed by atoms with Crippen LogP contribution in [0, 0.1) is 11.3 Å². The summed E-state index contributed by atoms with van der Waals surface area (Å²) in [5.74, 6) is 0. The van der Waals surface area contributed by atoms with E-state index in [0.717, 1.165) is 0 Å². The predicted molar refractivity (Wildman–Crippen MR) is 38.1 cm³/mol. The Morgan fingerprint density at radius 3 is 2.36 bits per heavy atom. The largest absolute Gasteiger partial charge is 0.355 e. The Bertz CT molecular complexity index is 179. The molecule has 0 N–H and O–H groups in total. The molecule has 0 aromatic rings. The fourth-order valence-electron chi connectivity index (χ4n) is 0.383. The second-order valence-corrected chi connectivity index (χ2v) is 3.82. The van der Waals surface area contributed by atoms with Crippen LogP contribution in [0.25, 0.3) is 0 Å². The maximum atomic E-state index is 11.1. The summed E-state index contributed by atoms with van der Waals surface area (Å²) in [6, 6.07) is 1.73. The molecule has 0 saturated carbocycles. The van der Waals surface area contributed by atoms with E-state index in [1.165, 1.54) is 14.2 Å². The summed E-state index contributed by atoms with van der Waals surface area (Å²) >= 11 is 0. The lowest BCUT2D eigenvalue weighted by molar-refractivity contribution is 0.170. The van der Waals surface area contributed by atoms with Gasteiger partial charge in [0.25, 0.3) is 0 Å². The summed E-state index contributed by atoms with van der Waals surface area (Å²) < 4.78 is 24.9. The van der Waals surface area contributed by atoms with Gasteiger partial charge in [-0.05, 0) is 0 Å². The molecule has 0 bridgehead atoms. The molecule has 0 aromatic heterocycles. The van der Waals surface area contributed by atoms with E-state index in [-0.39, 0.29) is 13.0 Å². The van der Waals surface area contributed by atoms with E-state index < -0.39 is 7.60 Å². The Morgan fingerprint density at radius 2 is 2.00 bits per heavy atom. The topological polar surface area (TPSA) is 68.5 Å². The molecule has 0 fully saturated rings. The zero-order chi connectivity index (χ0) is 8.74. The van der Waals surface area contributed by atoms with Crippen LogP contribution >= 0.6 is 7.60 Å². The van der Waals surface area contributed by atoms with Crippen molar-refractivity contribution in [2.75, 3.05) is 27.2 Å². The monoisotopic (exact) mass is 179 g/mol. The van der Waals surface area contributed by atoms with E-state index >= 15 is 0 Å². The highest BCUT2D eigenvalue weighted by molar-refractivity contribution is 7.53. The van der Waals surface area contributed by atoms with E-state index in [0.29, 0.717) is 0 Å². The lowest BCUT2D eigenvalue weighted by atomic mass is 10.8. The summed E-state index contributed by atoms with van der Waals surface area (Å²) in [5.41, 5.74) is 0. The SMILES string of the molecule is COP(=O)(COCC#N)OC. The van der Waals surface area contributed by atoms with Crippen molar-refractivity contribution in [3.05, 3.63) is 0 Å². The minimum absolute atomic E-state index is 0.114. The minimum Gasteiger partial charge on any atom is -0.354 e. The van der Waals surface area contributed by atoms with Crippen molar-refractivity contribution >= 4 is 7.60 Å². The predicted octanol–water partition coefficient (Wildman–Crippen LogP) is 0.970. The van der Waals surface area contributed by atoms with Crippen LogP contribution in [0.5, 0.6) is 0 Å². The van der Waals surface area contributed by atoms with Crippen molar-refractivity contribution in [1.82, 2.24) is 0 Å². The summed E-state index contributed by atoms with van der Waals surface area (Å²) in [4.78, 5) is 0. The summed E-state index contributed by atoms with van der Waals surface area (Å²) in [7, 11) is -0.556. The Hall–Kier alpha value is -0.400. The van der Waals surface area contributed by atoms with Gasteiger partial charge in [0.2, 0.25) is 0 Å². The number of hydrogen-bond acceptors (Lipinski definition) is 5. The van der Waals surface area contributed by atoms with Crippen molar-refractivity contribution in [1.29, 1.82) is 5.26 Å². The average Bonchev–Trinajstić information content (AvgIpc) is 2.05. The maximum Gasteiger partial charge on any atom is 0.355 e. The van der Waals surface area contributed by atoms with Gasteiger partial charge < -0.3 is 13.8 Å². The first-order valence-corrected chi connectivity index (χ1v) is 4.56. The van der Waals surface area contributed by atoms with Gasteiger partial charge in [-0.15, -0.1) is 0 Å². The molecule has 0 saturated heterocycles. The third-order valence-electron chi connectivity index (χ3n) is 0.972. The lowest BCUT2D eigenvalue weighted by Crippen LogP contribution is -1.99. The first-order valence-electron chi connectivity index (χ1n) is 2.83. The van der Waals surface area contributed by atoms with Gasteiger partial charge >= 0.3 is 7.60 Å². The quantitative estimate of drug-likeness (QED) is 0.464. The van der Waals surface area contributed by atoms with Gasteiger partial charge in [0.1, 0.15) is 13.0 Å². The molecule has 64 valence electrons. The minimum atomic E-state index is -3.08. The van der Waals surface area contributed by atoms with Crippen LogP contribution in [0.2, 0.25) is 0 Å². The standard InChI is InChI=1S/C5H10NO4P/c1-8-11(7,9-2)5-10-4-3-6/h4-5H2,1-2H3. The van der Waals surface area contributed by atoms with E-state index in [2.05, 4.69) is 13.8 Å². The number of rotatable bonds is 5. The van der Waals surface area contributed by atoms with Crippen molar-refractivity contribution in [2.45, 2.75) is 0 Å². The molecule has 0 atom stereocenters. The second kappa shape index (κ2) is 5.28. The zero-order valence-corrected chi connectivity index (χ0v) is 7.34. The fourth-order valence-corrected chi connectivity index (χ4v) is 1.06. The zero-order valence-electron chi connectivity index (χ0n) is 6.44. The van der Waals surface area contributed by atoms with E-state index in [9.17, 15) is 4.57 Å². The molecule has 0 aliphatic carbocycles.